The van der Waals surface area contributed by atoms with Gasteiger partial charge in [0.25, 0.3) is 0 Å². The van der Waals surface area contributed by atoms with Crippen LogP contribution in [0.15, 0.2) is 24.3 Å². The van der Waals surface area contributed by atoms with Gasteiger partial charge in [0.05, 0.1) is 0 Å². The first-order valence-electron chi connectivity index (χ1n) is 13.0. The fourth-order valence-electron chi connectivity index (χ4n) is 4.05. The van der Waals surface area contributed by atoms with Crippen LogP contribution in [0, 0.1) is 0 Å². The van der Waals surface area contributed by atoms with Crippen molar-refractivity contribution in [3.05, 3.63) is 24.3 Å². The molecule has 0 unspecified atom stereocenters. The van der Waals surface area contributed by atoms with E-state index < -0.39 is 0 Å². The van der Waals surface area contributed by atoms with E-state index in [-0.39, 0.29) is 15.8 Å². The number of hydrogen-bond donors (Lipinski definition) is 0. The van der Waals surface area contributed by atoms with E-state index in [4.69, 9.17) is 0 Å². The standard InChI is InChI=1S/C26H52N4P2/c1-9-27(10-2)21-31(22-28(11-3)12-4)25-19-17-18-20-26(25)32(23-29(13-5)14-6)24-30(15-7)16-8/h17-20H,9-16,21-24H2,1-8H3. The summed E-state index contributed by atoms with van der Waals surface area (Å²) in [5, 5.41) is 3.35. The second-order valence-corrected chi connectivity index (χ2v) is 12.6. The molecule has 186 valence electrons. The predicted molar refractivity (Wildman–Crippen MR) is 151 cm³/mol. The fraction of sp³-hybridized carbons (Fsp3) is 0.769. The van der Waals surface area contributed by atoms with E-state index in [9.17, 15) is 0 Å². The summed E-state index contributed by atoms with van der Waals surface area (Å²) in [4.78, 5) is 10.6. The maximum absolute atomic E-state index is 2.64. The molecule has 0 aliphatic carbocycles. The van der Waals surface area contributed by atoms with Gasteiger partial charge in [-0.05, 0) is 78.8 Å². The average Bonchev–Trinajstić information content (AvgIpc) is 2.84. The lowest BCUT2D eigenvalue weighted by molar-refractivity contribution is 0.338. The van der Waals surface area contributed by atoms with Crippen molar-refractivity contribution in [1.29, 1.82) is 0 Å². The van der Waals surface area contributed by atoms with Crippen molar-refractivity contribution in [1.82, 2.24) is 19.6 Å². The van der Waals surface area contributed by atoms with Crippen molar-refractivity contribution in [3.63, 3.8) is 0 Å². The van der Waals surface area contributed by atoms with Crippen molar-refractivity contribution < 1.29 is 0 Å². The molecular weight excluding hydrogens is 430 g/mol. The lowest BCUT2D eigenvalue weighted by Crippen LogP contribution is -2.38. The summed E-state index contributed by atoms with van der Waals surface area (Å²) in [5.74, 6) is 0. The molecule has 0 aliphatic heterocycles. The summed E-state index contributed by atoms with van der Waals surface area (Å²) in [6, 6.07) is 9.55. The number of benzene rings is 1. The summed E-state index contributed by atoms with van der Waals surface area (Å²) in [6.45, 7) is 27.6. The highest BCUT2D eigenvalue weighted by Gasteiger charge is 2.25. The van der Waals surface area contributed by atoms with Gasteiger partial charge in [0, 0.05) is 25.1 Å². The largest absolute Gasteiger partial charge is 0.299 e. The number of hydrogen-bond acceptors (Lipinski definition) is 4. The molecule has 1 aromatic carbocycles. The van der Waals surface area contributed by atoms with Gasteiger partial charge in [0.15, 0.2) is 0 Å². The average molecular weight is 483 g/mol. The van der Waals surface area contributed by atoms with Crippen LogP contribution in [0.25, 0.3) is 0 Å². The fourth-order valence-corrected chi connectivity index (χ4v) is 10.6. The molecule has 0 aromatic heterocycles. The third-order valence-electron chi connectivity index (χ3n) is 6.62. The van der Waals surface area contributed by atoms with Crippen molar-refractivity contribution in [2.24, 2.45) is 0 Å². The first-order valence-corrected chi connectivity index (χ1v) is 16.4. The normalized spacial score (nSPS) is 12.4. The van der Waals surface area contributed by atoms with E-state index in [0.717, 1.165) is 52.4 Å². The Bertz CT molecular complexity index is 506. The monoisotopic (exact) mass is 482 g/mol. The predicted octanol–water partition coefficient (Wildman–Crippen LogP) is 5.10. The third kappa shape index (κ3) is 9.65. The van der Waals surface area contributed by atoms with Crippen molar-refractivity contribution >= 4 is 26.5 Å². The van der Waals surface area contributed by atoms with E-state index in [1.165, 1.54) is 25.1 Å². The molecule has 0 amide bonds. The third-order valence-corrected chi connectivity index (χ3v) is 11.9. The van der Waals surface area contributed by atoms with Gasteiger partial charge < -0.3 is 0 Å². The highest BCUT2D eigenvalue weighted by Crippen LogP contribution is 2.42. The Hall–Kier alpha value is -0.0800. The SMILES string of the molecule is CCN(CC)CP(CN(CC)CC)c1ccccc1P(CN(CC)CC)CN(CC)CC. The van der Waals surface area contributed by atoms with Crippen LogP contribution >= 0.6 is 15.8 Å². The minimum atomic E-state index is -0.247. The Balaban J connectivity index is 3.41. The van der Waals surface area contributed by atoms with Gasteiger partial charge in [0.1, 0.15) is 0 Å². The Morgan fingerprint density at radius 2 is 0.656 bits per heavy atom. The molecule has 0 saturated heterocycles. The summed E-state index contributed by atoms with van der Waals surface area (Å²) in [6.07, 6.45) is 4.87. The zero-order chi connectivity index (χ0) is 23.9. The second-order valence-electron chi connectivity index (χ2n) is 8.35. The van der Waals surface area contributed by atoms with E-state index in [1.807, 2.05) is 0 Å². The molecule has 0 atom stereocenters. The van der Waals surface area contributed by atoms with E-state index in [1.54, 1.807) is 10.6 Å². The smallest absolute Gasteiger partial charge is 0.0236 e. The molecule has 0 heterocycles. The molecule has 0 bridgehead atoms. The van der Waals surface area contributed by atoms with Crippen LogP contribution in [-0.2, 0) is 0 Å². The maximum Gasteiger partial charge on any atom is 0.0236 e. The Morgan fingerprint density at radius 3 is 0.844 bits per heavy atom. The molecule has 1 aromatic rings. The topological polar surface area (TPSA) is 13.0 Å². The van der Waals surface area contributed by atoms with Crippen LogP contribution < -0.4 is 10.6 Å². The van der Waals surface area contributed by atoms with Gasteiger partial charge in [-0.1, -0.05) is 79.7 Å². The molecule has 0 N–H and O–H groups in total. The van der Waals surface area contributed by atoms with Crippen LogP contribution in [0.5, 0.6) is 0 Å². The Morgan fingerprint density at radius 1 is 0.438 bits per heavy atom. The van der Waals surface area contributed by atoms with Gasteiger partial charge in [-0.25, -0.2) is 0 Å². The van der Waals surface area contributed by atoms with E-state index in [0.29, 0.717) is 0 Å². The lowest BCUT2D eigenvalue weighted by atomic mass is 10.4. The van der Waals surface area contributed by atoms with Crippen LogP contribution in [0.4, 0.5) is 0 Å². The summed E-state index contributed by atoms with van der Waals surface area (Å²) >= 11 is 0. The first-order chi connectivity index (χ1) is 15.5. The maximum atomic E-state index is 2.64. The molecule has 0 saturated carbocycles. The van der Waals surface area contributed by atoms with Crippen molar-refractivity contribution in [2.75, 3.05) is 77.5 Å². The Kier molecular flexibility index (Phi) is 16.3. The van der Waals surface area contributed by atoms with Gasteiger partial charge in [-0.3, -0.25) is 19.6 Å². The van der Waals surface area contributed by atoms with Gasteiger partial charge in [0.2, 0.25) is 0 Å². The number of nitrogens with zero attached hydrogens (tertiary/aromatic N) is 4. The minimum Gasteiger partial charge on any atom is -0.299 e. The van der Waals surface area contributed by atoms with Crippen molar-refractivity contribution in [2.45, 2.75) is 55.4 Å². The van der Waals surface area contributed by atoms with Crippen LogP contribution in [0.2, 0.25) is 0 Å². The molecule has 1 rings (SSSR count). The molecule has 6 heteroatoms. The molecule has 0 fully saturated rings. The lowest BCUT2D eigenvalue weighted by Gasteiger charge is -2.35. The minimum absolute atomic E-state index is 0.247. The summed E-state index contributed by atoms with van der Waals surface area (Å²) in [5.41, 5.74) is 0. The molecule has 0 spiro atoms. The zero-order valence-electron chi connectivity index (χ0n) is 22.5. The zero-order valence-corrected chi connectivity index (χ0v) is 24.3. The summed E-state index contributed by atoms with van der Waals surface area (Å²) < 4.78 is 0. The molecular formula is C26H52N4P2. The van der Waals surface area contributed by atoms with Crippen LogP contribution in [-0.4, -0.2) is 97.1 Å². The number of rotatable bonds is 18. The first kappa shape index (κ1) is 30.0. The summed E-state index contributed by atoms with van der Waals surface area (Å²) in [7, 11) is -0.494. The van der Waals surface area contributed by atoms with Crippen LogP contribution in [0.1, 0.15) is 55.4 Å². The van der Waals surface area contributed by atoms with E-state index in [2.05, 4.69) is 99.3 Å². The van der Waals surface area contributed by atoms with Crippen LogP contribution in [0.3, 0.4) is 0 Å². The van der Waals surface area contributed by atoms with Crippen molar-refractivity contribution in [3.8, 4) is 0 Å². The quantitative estimate of drug-likeness (QED) is 0.270. The Labute approximate surface area is 203 Å². The molecule has 4 nitrogen and oxygen atoms in total. The van der Waals surface area contributed by atoms with Gasteiger partial charge >= 0.3 is 0 Å². The molecule has 0 radical (unpaired) electrons. The van der Waals surface area contributed by atoms with E-state index >= 15 is 0 Å². The molecule has 32 heavy (non-hydrogen) atoms. The second kappa shape index (κ2) is 17.4. The molecule has 0 aliphatic rings. The van der Waals surface area contributed by atoms with Gasteiger partial charge in [-0.15, -0.1) is 0 Å². The van der Waals surface area contributed by atoms with Gasteiger partial charge in [-0.2, -0.15) is 0 Å². The highest BCUT2D eigenvalue weighted by atomic mass is 31.1. The highest BCUT2D eigenvalue weighted by molar-refractivity contribution is 7.71.